The summed E-state index contributed by atoms with van der Waals surface area (Å²) in [5, 5.41) is 23.8. The van der Waals surface area contributed by atoms with E-state index in [-0.39, 0.29) is 11.8 Å². The Kier molecular flexibility index (Phi) is 10.9. The molecule has 48 heavy (non-hydrogen) atoms. The standard InChI is InChI=1S/C38H38Cl2N6O2/c1-25-18-27(33(39)19-28(25)23-45-15-3-2-4-16-45)9-11-34-32(20-41)30(12-14-42-34)31-6-5-7-35(37(31)40)44-38(48)36-10-8-26(21-43-36)22-46-17-13-29(47)24-46/h5-12,14,18-19,21,29,47H,2-4,13,15-17,22-24H2,1H3,(H,44,48)/b11-9+/t29-/m1/s1. The molecular weight excluding hydrogens is 643 g/mol. The molecule has 2 aromatic heterocycles. The molecule has 0 bridgehead atoms. The molecule has 0 radical (unpaired) electrons. The average Bonchev–Trinajstić information content (AvgIpc) is 3.51. The van der Waals surface area contributed by atoms with Crippen LogP contribution in [-0.4, -0.2) is 63.1 Å². The zero-order chi connectivity index (χ0) is 33.6. The van der Waals surface area contributed by atoms with Crippen molar-refractivity contribution in [3.05, 3.63) is 110 Å². The van der Waals surface area contributed by atoms with Gasteiger partial charge in [-0.3, -0.25) is 24.6 Å². The number of carbonyl (C=O) groups excluding carboxylic acids is 1. The number of amides is 1. The monoisotopic (exact) mass is 680 g/mol. The van der Waals surface area contributed by atoms with Crippen LogP contribution in [0.4, 0.5) is 5.69 Å². The zero-order valence-corrected chi connectivity index (χ0v) is 28.4. The second kappa shape index (κ2) is 15.4. The summed E-state index contributed by atoms with van der Waals surface area (Å²) in [7, 11) is 0. The molecule has 2 saturated heterocycles. The van der Waals surface area contributed by atoms with Crippen molar-refractivity contribution in [3.63, 3.8) is 0 Å². The van der Waals surface area contributed by atoms with Crippen molar-refractivity contribution in [2.24, 2.45) is 0 Å². The molecule has 0 unspecified atom stereocenters. The molecular formula is C38H38Cl2N6O2. The fourth-order valence-corrected chi connectivity index (χ4v) is 6.93. The number of hydrogen-bond donors (Lipinski definition) is 2. The van der Waals surface area contributed by atoms with E-state index in [1.807, 2.05) is 24.3 Å². The third kappa shape index (κ3) is 7.95. The Morgan fingerprint density at radius 2 is 1.85 bits per heavy atom. The Bertz CT molecular complexity index is 1860. The van der Waals surface area contributed by atoms with Gasteiger partial charge in [-0.25, -0.2) is 0 Å². The van der Waals surface area contributed by atoms with E-state index in [9.17, 15) is 15.2 Å². The highest BCUT2D eigenvalue weighted by Crippen LogP contribution is 2.36. The molecule has 0 spiro atoms. The largest absolute Gasteiger partial charge is 0.392 e. The average molecular weight is 682 g/mol. The number of benzene rings is 2. The lowest BCUT2D eigenvalue weighted by atomic mass is 9.98. The van der Waals surface area contributed by atoms with Gasteiger partial charge in [-0.05, 0) is 91.9 Å². The summed E-state index contributed by atoms with van der Waals surface area (Å²) < 4.78 is 0. The summed E-state index contributed by atoms with van der Waals surface area (Å²) in [5.74, 6) is -0.398. The molecule has 8 nitrogen and oxygen atoms in total. The van der Waals surface area contributed by atoms with Gasteiger partial charge in [0, 0.05) is 54.7 Å². The Morgan fingerprint density at radius 1 is 1.02 bits per heavy atom. The van der Waals surface area contributed by atoms with Gasteiger partial charge < -0.3 is 10.4 Å². The maximum Gasteiger partial charge on any atom is 0.274 e. The van der Waals surface area contributed by atoms with Crippen LogP contribution in [0.2, 0.25) is 10.0 Å². The number of pyridine rings is 2. The molecule has 1 amide bonds. The van der Waals surface area contributed by atoms with Crippen molar-refractivity contribution in [3.8, 4) is 17.2 Å². The van der Waals surface area contributed by atoms with E-state index in [2.05, 4.69) is 44.1 Å². The molecule has 2 aromatic carbocycles. The van der Waals surface area contributed by atoms with Crippen LogP contribution < -0.4 is 5.32 Å². The van der Waals surface area contributed by atoms with Gasteiger partial charge in [-0.2, -0.15) is 5.26 Å². The van der Waals surface area contributed by atoms with Crippen LogP contribution in [-0.2, 0) is 13.1 Å². The second-order valence-electron chi connectivity index (χ2n) is 12.6. The molecule has 1 atom stereocenters. The molecule has 6 rings (SSSR count). The number of anilines is 1. The Morgan fingerprint density at radius 3 is 2.58 bits per heavy atom. The lowest BCUT2D eigenvalue weighted by Gasteiger charge is -2.27. The summed E-state index contributed by atoms with van der Waals surface area (Å²) in [6.45, 7) is 7.38. The molecule has 0 saturated carbocycles. The number of likely N-dealkylation sites (tertiary alicyclic amines) is 2. The third-order valence-electron chi connectivity index (χ3n) is 9.06. The number of piperidine rings is 1. The van der Waals surface area contributed by atoms with Gasteiger partial charge in [0.15, 0.2) is 0 Å². The van der Waals surface area contributed by atoms with Crippen LogP contribution >= 0.6 is 23.2 Å². The Balaban J connectivity index is 1.18. The molecule has 2 fully saturated rings. The molecule has 246 valence electrons. The number of nitrogens with one attached hydrogen (secondary N) is 1. The quantitative estimate of drug-likeness (QED) is 0.187. The maximum atomic E-state index is 13.1. The van der Waals surface area contributed by atoms with E-state index in [1.165, 1.54) is 30.4 Å². The molecule has 2 aliphatic rings. The molecule has 4 aromatic rings. The van der Waals surface area contributed by atoms with E-state index in [0.717, 1.165) is 43.7 Å². The zero-order valence-electron chi connectivity index (χ0n) is 26.9. The van der Waals surface area contributed by atoms with Gasteiger partial charge in [-0.1, -0.05) is 60.0 Å². The first-order valence-electron chi connectivity index (χ1n) is 16.3. The smallest absolute Gasteiger partial charge is 0.274 e. The van der Waals surface area contributed by atoms with E-state index < -0.39 is 5.91 Å². The van der Waals surface area contributed by atoms with E-state index >= 15 is 0 Å². The predicted octanol–water partition coefficient (Wildman–Crippen LogP) is 7.61. The van der Waals surface area contributed by atoms with Crippen molar-refractivity contribution in [2.75, 3.05) is 31.5 Å². The second-order valence-corrected chi connectivity index (χ2v) is 13.3. The van der Waals surface area contributed by atoms with E-state index in [1.54, 1.807) is 42.7 Å². The Hall–Kier alpha value is -4.10. The summed E-state index contributed by atoms with van der Waals surface area (Å²) in [4.78, 5) is 26.6. The van der Waals surface area contributed by atoms with Gasteiger partial charge in [0.25, 0.3) is 5.91 Å². The van der Waals surface area contributed by atoms with Crippen LogP contribution in [0.25, 0.3) is 23.3 Å². The number of aryl methyl sites for hydroxylation is 1. The molecule has 0 aliphatic carbocycles. The third-order valence-corrected chi connectivity index (χ3v) is 9.79. The van der Waals surface area contributed by atoms with Crippen LogP contribution in [0.1, 0.15) is 69.7 Å². The summed E-state index contributed by atoms with van der Waals surface area (Å²) in [6, 6.07) is 17.0. The summed E-state index contributed by atoms with van der Waals surface area (Å²) in [5.41, 5.74) is 6.91. The normalized spacial score (nSPS) is 17.1. The first kappa shape index (κ1) is 33.8. The van der Waals surface area contributed by atoms with Gasteiger partial charge in [0.05, 0.1) is 28.1 Å². The molecule has 2 aliphatic heterocycles. The number of nitrogens with zero attached hydrogens (tertiary/aromatic N) is 5. The number of hydrogen-bond acceptors (Lipinski definition) is 7. The summed E-state index contributed by atoms with van der Waals surface area (Å²) >= 11 is 13.6. The number of halogens is 2. The van der Waals surface area contributed by atoms with Crippen molar-refractivity contribution < 1.29 is 9.90 Å². The fraction of sp³-hybridized carbons (Fsp3) is 0.316. The number of aliphatic hydroxyl groups excluding tert-OH is 1. The maximum absolute atomic E-state index is 13.1. The van der Waals surface area contributed by atoms with Crippen LogP contribution in [0.3, 0.4) is 0 Å². The number of carbonyl (C=O) groups is 1. The van der Waals surface area contributed by atoms with Gasteiger partial charge in [-0.15, -0.1) is 0 Å². The van der Waals surface area contributed by atoms with Crippen LogP contribution in [0.5, 0.6) is 0 Å². The van der Waals surface area contributed by atoms with Crippen molar-refractivity contribution in [2.45, 2.75) is 51.8 Å². The fourth-order valence-electron chi connectivity index (χ4n) is 6.41. The number of aromatic nitrogens is 2. The minimum atomic E-state index is -0.398. The first-order valence-corrected chi connectivity index (χ1v) is 17.1. The number of rotatable bonds is 9. The highest BCUT2D eigenvalue weighted by atomic mass is 35.5. The predicted molar refractivity (Wildman–Crippen MR) is 192 cm³/mol. The van der Waals surface area contributed by atoms with Gasteiger partial charge in [0.1, 0.15) is 11.8 Å². The van der Waals surface area contributed by atoms with Gasteiger partial charge >= 0.3 is 0 Å². The number of aliphatic hydroxyl groups is 1. The van der Waals surface area contributed by atoms with Crippen molar-refractivity contribution in [1.82, 2.24) is 19.8 Å². The van der Waals surface area contributed by atoms with Crippen molar-refractivity contribution >= 4 is 46.9 Å². The van der Waals surface area contributed by atoms with E-state index in [0.29, 0.717) is 51.2 Å². The highest BCUT2D eigenvalue weighted by molar-refractivity contribution is 6.36. The highest BCUT2D eigenvalue weighted by Gasteiger charge is 2.21. The minimum Gasteiger partial charge on any atom is -0.392 e. The van der Waals surface area contributed by atoms with Gasteiger partial charge in [0.2, 0.25) is 0 Å². The SMILES string of the molecule is Cc1cc(/C=C/c2nccc(-c3cccc(NC(=O)c4ccc(CN5CC[C@@H](O)C5)cn4)c3Cl)c2C#N)c(Cl)cc1CN1CCCCC1. The van der Waals surface area contributed by atoms with E-state index in [4.69, 9.17) is 23.2 Å². The lowest BCUT2D eigenvalue weighted by molar-refractivity contribution is 0.102. The number of nitriles is 1. The molecule has 4 heterocycles. The lowest BCUT2D eigenvalue weighted by Crippen LogP contribution is -2.29. The summed E-state index contributed by atoms with van der Waals surface area (Å²) in [6.07, 6.45) is 11.3. The first-order chi connectivity index (χ1) is 23.3. The Labute approximate surface area is 291 Å². The number of β-amino-alcohol motifs (C(OH)–C–C–N with tert-alkyl or cyclic N) is 1. The molecule has 10 heteroatoms. The topological polar surface area (TPSA) is 105 Å². The minimum absolute atomic E-state index is 0.254. The van der Waals surface area contributed by atoms with Crippen molar-refractivity contribution in [1.29, 1.82) is 5.26 Å². The molecule has 2 N–H and O–H groups in total. The van der Waals surface area contributed by atoms with Crippen LogP contribution in [0.15, 0.2) is 60.9 Å². The van der Waals surface area contributed by atoms with Crippen LogP contribution in [0, 0.1) is 18.3 Å².